The molecular weight excluding hydrogens is 496 g/mol. The third-order valence-corrected chi connectivity index (χ3v) is 6.82. The highest BCUT2D eigenvalue weighted by molar-refractivity contribution is 6.20. The fourth-order valence-corrected chi connectivity index (χ4v) is 4.88. The monoisotopic (exact) mass is 518 g/mol. The maximum atomic E-state index is 13.2. The van der Waals surface area contributed by atoms with Gasteiger partial charge in [-0.2, -0.15) is 5.26 Å². The molecule has 0 unspecified atom stereocenters. The molecule has 2 aromatic carbocycles. The second-order valence-electron chi connectivity index (χ2n) is 9.27. The molecule has 2 aliphatic rings. The van der Waals surface area contributed by atoms with Crippen LogP contribution in [0, 0.1) is 11.3 Å². The number of fused-ring (bicyclic) bond motifs is 3. The lowest BCUT2D eigenvalue weighted by atomic mass is 10.0. The summed E-state index contributed by atoms with van der Waals surface area (Å²) < 4.78 is 6.86. The van der Waals surface area contributed by atoms with Crippen LogP contribution in [0.3, 0.4) is 0 Å². The number of pyridine rings is 1. The van der Waals surface area contributed by atoms with Crippen LogP contribution in [-0.4, -0.2) is 57.5 Å². The van der Waals surface area contributed by atoms with E-state index in [-0.39, 0.29) is 23.6 Å². The molecule has 0 bridgehead atoms. The van der Waals surface area contributed by atoms with Crippen LogP contribution in [0.4, 0.5) is 4.79 Å². The Hall–Kier alpha value is -5.14. The van der Waals surface area contributed by atoms with Crippen molar-refractivity contribution < 1.29 is 14.3 Å². The van der Waals surface area contributed by atoms with E-state index in [1.54, 1.807) is 29.2 Å². The number of piperazine rings is 1. The van der Waals surface area contributed by atoms with Gasteiger partial charge < -0.3 is 19.5 Å². The topological polar surface area (TPSA) is 130 Å². The first-order chi connectivity index (χ1) is 19.0. The third kappa shape index (κ3) is 4.56. The number of amides is 1. The van der Waals surface area contributed by atoms with Crippen molar-refractivity contribution >= 4 is 11.9 Å². The van der Waals surface area contributed by atoms with Crippen LogP contribution < -0.4 is 15.6 Å². The van der Waals surface area contributed by atoms with Gasteiger partial charge in [-0.05, 0) is 41.5 Å². The van der Waals surface area contributed by atoms with Gasteiger partial charge in [-0.1, -0.05) is 18.2 Å². The largest absolute Gasteiger partial charge is 0.415 e. The zero-order valence-corrected chi connectivity index (χ0v) is 20.8. The lowest BCUT2D eigenvalue weighted by molar-refractivity contribution is 0.103. The van der Waals surface area contributed by atoms with Crippen molar-refractivity contribution in [3.8, 4) is 34.3 Å². The second-order valence-corrected chi connectivity index (χ2v) is 9.27. The van der Waals surface area contributed by atoms with E-state index in [9.17, 15) is 19.6 Å². The molecule has 0 spiro atoms. The fraction of sp³-hybridized carbons (Fsp3) is 0.172. The minimum Gasteiger partial charge on any atom is -0.407 e. The molecule has 1 aliphatic carbocycles. The van der Waals surface area contributed by atoms with Crippen molar-refractivity contribution in [2.45, 2.75) is 6.54 Å². The summed E-state index contributed by atoms with van der Waals surface area (Å²) in [6.07, 6.45) is 2.47. The van der Waals surface area contributed by atoms with Gasteiger partial charge in [0.2, 0.25) is 5.78 Å². The van der Waals surface area contributed by atoms with Crippen LogP contribution in [-0.2, 0) is 6.54 Å². The summed E-state index contributed by atoms with van der Waals surface area (Å²) in [7, 11) is 0. The Morgan fingerprint density at radius 2 is 1.74 bits per heavy atom. The average molecular weight is 519 g/mol. The molecule has 0 saturated carbocycles. The zero-order chi connectivity index (χ0) is 26.9. The van der Waals surface area contributed by atoms with E-state index >= 15 is 0 Å². The molecule has 192 valence electrons. The standard InChI is InChI=1S/C29H22N6O4/c30-14-18-4-5-23-24(13-18)22-6-7-25(36)35(26(22)27(23)37)17-19-2-1-3-20(12-19)28-32-15-21(16-33-28)39-29(38)34-10-8-31-9-11-34/h1-7,12-13,15-16,31H,8-11,17H2. The van der Waals surface area contributed by atoms with Gasteiger partial charge in [0.05, 0.1) is 30.6 Å². The first kappa shape index (κ1) is 24.2. The zero-order valence-electron chi connectivity index (χ0n) is 20.8. The molecule has 10 heteroatoms. The smallest absolute Gasteiger partial charge is 0.407 e. The Kier molecular flexibility index (Phi) is 6.19. The van der Waals surface area contributed by atoms with Gasteiger partial charge in [0.1, 0.15) is 5.69 Å². The number of benzene rings is 2. The van der Waals surface area contributed by atoms with Crippen LogP contribution in [0.2, 0.25) is 0 Å². The highest BCUT2D eigenvalue weighted by Crippen LogP contribution is 2.36. The predicted molar refractivity (Wildman–Crippen MR) is 141 cm³/mol. The first-order valence-corrected chi connectivity index (χ1v) is 12.4. The van der Waals surface area contributed by atoms with E-state index < -0.39 is 6.09 Å². The summed E-state index contributed by atoms with van der Waals surface area (Å²) in [5.74, 6) is 0.437. The normalized spacial score (nSPS) is 13.9. The predicted octanol–water partition coefficient (Wildman–Crippen LogP) is 2.84. The maximum absolute atomic E-state index is 13.2. The fourth-order valence-electron chi connectivity index (χ4n) is 4.88. The summed E-state index contributed by atoms with van der Waals surface area (Å²) >= 11 is 0. The van der Waals surface area contributed by atoms with Crippen LogP contribution in [0.15, 0.2) is 71.8 Å². The lowest BCUT2D eigenvalue weighted by Crippen LogP contribution is -2.47. The average Bonchev–Trinajstić information content (AvgIpc) is 3.26. The number of nitriles is 1. The molecule has 0 radical (unpaired) electrons. The molecule has 1 amide bonds. The van der Waals surface area contributed by atoms with E-state index in [4.69, 9.17) is 4.74 Å². The molecule has 0 atom stereocenters. The van der Waals surface area contributed by atoms with Gasteiger partial charge in [-0.15, -0.1) is 0 Å². The van der Waals surface area contributed by atoms with Gasteiger partial charge in [0.15, 0.2) is 11.6 Å². The van der Waals surface area contributed by atoms with Crippen LogP contribution in [0.1, 0.15) is 27.2 Å². The molecule has 1 aliphatic heterocycles. The number of hydrogen-bond acceptors (Lipinski definition) is 8. The summed E-state index contributed by atoms with van der Waals surface area (Å²) in [5, 5.41) is 12.5. The highest BCUT2D eigenvalue weighted by atomic mass is 16.6. The molecule has 2 aromatic heterocycles. The minimum absolute atomic E-state index is 0.168. The van der Waals surface area contributed by atoms with E-state index in [1.165, 1.54) is 23.0 Å². The number of carbonyl (C=O) groups excluding carboxylic acids is 2. The molecule has 6 rings (SSSR count). The van der Waals surface area contributed by atoms with Gasteiger partial charge in [0.25, 0.3) is 5.56 Å². The number of nitrogens with zero attached hydrogens (tertiary/aromatic N) is 5. The number of hydrogen-bond donors (Lipinski definition) is 1. The number of carbonyl (C=O) groups is 2. The van der Waals surface area contributed by atoms with E-state index in [2.05, 4.69) is 21.4 Å². The van der Waals surface area contributed by atoms with Crippen molar-refractivity contribution in [3.05, 3.63) is 99.7 Å². The Bertz CT molecular complexity index is 1720. The van der Waals surface area contributed by atoms with E-state index in [0.717, 1.165) is 18.7 Å². The lowest BCUT2D eigenvalue weighted by Gasteiger charge is -2.26. The van der Waals surface area contributed by atoms with Gasteiger partial charge >= 0.3 is 6.09 Å². The molecule has 1 fully saturated rings. The van der Waals surface area contributed by atoms with Crippen molar-refractivity contribution in [2.75, 3.05) is 26.2 Å². The van der Waals surface area contributed by atoms with Gasteiger partial charge in [0, 0.05) is 48.9 Å². The molecule has 1 saturated heterocycles. The maximum Gasteiger partial charge on any atom is 0.415 e. The van der Waals surface area contributed by atoms with E-state index in [0.29, 0.717) is 52.4 Å². The van der Waals surface area contributed by atoms with Crippen LogP contribution >= 0.6 is 0 Å². The Morgan fingerprint density at radius 1 is 0.974 bits per heavy atom. The number of ketones is 1. The second kappa shape index (κ2) is 9.96. The van der Waals surface area contributed by atoms with Crippen molar-refractivity contribution in [1.82, 2.24) is 24.8 Å². The summed E-state index contributed by atoms with van der Waals surface area (Å²) in [5.41, 5.74) is 3.72. The quantitative estimate of drug-likeness (QED) is 0.384. The SMILES string of the molecule is N#Cc1ccc2c(c1)-c1ccc(=O)n(Cc3cccc(-c4ncc(OC(=O)N5CCNCC5)cn4)c3)c1C2=O. The van der Waals surface area contributed by atoms with Crippen molar-refractivity contribution in [2.24, 2.45) is 0 Å². The molecule has 3 heterocycles. The molecule has 10 nitrogen and oxygen atoms in total. The number of nitrogens with one attached hydrogen (secondary N) is 1. The van der Waals surface area contributed by atoms with Gasteiger partial charge in [-0.25, -0.2) is 14.8 Å². The Balaban J connectivity index is 1.25. The van der Waals surface area contributed by atoms with Crippen LogP contribution in [0.5, 0.6) is 5.75 Å². The van der Waals surface area contributed by atoms with E-state index in [1.807, 2.05) is 24.3 Å². The van der Waals surface area contributed by atoms with Gasteiger partial charge in [-0.3, -0.25) is 9.59 Å². The van der Waals surface area contributed by atoms with Crippen molar-refractivity contribution in [1.29, 1.82) is 5.26 Å². The van der Waals surface area contributed by atoms with Crippen molar-refractivity contribution in [3.63, 3.8) is 0 Å². The number of rotatable bonds is 4. The van der Waals surface area contributed by atoms with Crippen LogP contribution in [0.25, 0.3) is 22.5 Å². The third-order valence-electron chi connectivity index (χ3n) is 6.82. The number of aromatic nitrogens is 3. The first-order valence-electron chi connectivity index (χ1n) is 12.4. The molecule has 1 N–H and O–H groups in total. The highest BCUT2D eigenvalue weighted by Gasteiger charge is 2.30. The summed E-state index contributed by atoms with van der Waals surface area (Å²) in [4.78, 5) is 48.8. The molecule has 4 aromatic rings. The Labute approximate surface area is 223 Å². The Morgan fingerprint density at radius 3 is 2.51 bits per heavy atom. The minimum atomic E-state index is -0.434. The number of ether oxygens (including phenoxy) is 1. The summed E-state index contributed by atoms with van der Waals surface area (Å²) in [6, 6.07) is 17.5. The molecule has 39 heavy (non-hydrogen) atoms. The molecular formula is C29H22N6O4. The summed E-state index contributed by atoms with van der Waals surface area (Å²) in [6.45, 7) is 2.78.